The number of carbonyl (C=O) groups is 2. The molecule has 6 nitrogen and oxygen atoms in total. The van der Waals surface area contributed by atoms with E-state index < -0.39 is 0 Å². The van der Waals surface area contributed by atoms with E-state index in [-0.39, 0.29) is 40.1 Å². The maximum Gasteiger partial charge on any atom is 0.223 e. The lowest BCUT2D eigenvalue weighted by atomic mass is 9.69. The standard InChI is InChI=1S/C36H70N4O2/c1-11-19-29(27-23-33(3,4)38-34(5,6)24-27)40(32(42)22-18-16-14-13-15-17-21-31(37)41)30(20-12-2)28-25-35(7,8)39-36(9,10)26-28/h27-30,38-39H,11-26H2,1-10H3,(H2,37,41). The number of rotatable bonds is 17. The summed E-state index contributed by atoms with van der Waals surface area (Å²) in [5.74, 6) is 1.17. The van der Waals surface area contributed by atoms with Crippen LogP contribution in [0.3, 0.4) is 0 Å². The smallest absolute Gasteiger partial charge is 0.223 e. The number of nitrogens with one attached hydrogen (secondary N) is 2. The molecule has 0 spiro atoms. The number of amides is 2. The minimum Gasteiger partial charge on any atom is -0.370 e. The van der Waals surface area contributed by atoms with Crippen LogP contribution in [0.4, 0.5) is 0 Å². The van der Waals surface area contributed by atoms with Crippen molar-refractivity contribution in [1.82, 2.24) is 15.5 Å². The van der Waals surface area contributed by atoms with Crippen LogP contribution in [0.15, 0.2) is 0 Å². The fraction of sp³-hybridized carbons (Fsp3) is 0.944. The summed E-state index contributed by atoms with van der Waals surface area (Å²) >= 11 is 0. The first-order chi connectivity index (χ1) is 19.4. The molecule has 2 heterocycles. The molecule has 2 saturated heterocycles. The van der Waals surface area contributed by atoms with Gasteiger partial charge >= 0.3 is 0 Å². The first kappa shape index (κ1) is 37.0. The van der Waals surface area contributed by atoms with Crippen LogP contribution in [-0.4, -0.2) is 51.0 Å². The van der Waals surface area contributed by atoms with Crippen LogP contribution < -0.4 is 16.4 Å². The number of hydrogen-bond donors (Lipinski definition) is 3. The number of piperidine rings is 2. The Kier molecular flexibility index (Phi) is 13.9. The quantitative estimate of drug-likeness (QED) is 0.150. The fourth-order valence-corrected chi connectivity index (χ4v) is 9.17. The van der Waals surface area contributed by atoms with Crippen molar-refractivity contribution in [1.29, 1.82) is 0 Å². The lowest BCUT2D eigenvalue weighted by Gasteiger charge is -2.55. The predicted molar refractivity (Wildman–Crippen MR) is 178 cm³/mol. The summed E-state index contributed by atoms with van der Waals surface area (Å²) in [7, 11) is 0. The molecule has 0 aromatic rings. The van der Waals surface area contributed by atoms with Crippen LogP contribution in [-0.2, 0) is 9.59 Å². The van der Waals surface area contributed by atoms with Gasteiger partial charge in [-0.05, 0) is 119 Å². The highest BCUT2D eigenvalue weighted by atomic mass is 16.2. The van der Waals surface area contributed by atoms with Gasteiger partial charge in [0.15, 0.2) is 0 Å². The zero-order valence-corrected chi connectivity index (χ0v) is 29.5. The molecule has 2 rings (SSSR count). The second kappa shape index (κ2) is 15.7. The largest absolute Gasteiger partial charge is 0.370 e. The highest BCUT2D eigenvalue weighted by Crippen LogP contribution is 2.43. The van der Waals surface area contributed by atoms with E-state index >= 15 is 0 Å². The van der Waals surface area contributed by atoms with Crippen LogP contribution >= 0.6 is 0 Å². The van der Waals surface area contributed by atoms with Gasteiger partial charge in [0, 0.05) is 47.1 Å². The molecular weight excluding hydrogens is 520 g/mol. The van der Waals surface area contributed by atoms with Crippen molar-refractivity contribution in [2.45, 2.75) is 206 Å². The second-order valence-corrected chi connectivity index (χ2v) is 16.7. The maximum absolute atomic E-state index is 14.6. The fourth-order valence-electron chi connectivity index (χ4n) is 9.17. The number of carbonyl (C=O) groups excluding carboxylic acids is 2. The van der Waals surface area contributed by atoms with E-state index in [0.717, 1.165) is 89.9 Å². The van der Waals surface area contributed by atoms with Gasteiger partial charge in [0.2, 0.25) is 11.8 Å². The normalized spacial score (nSPS) is 23.3. The Morgan fingerprint density at radius 3 is 1.31 bits per heavy atom. The van der Waals surface area contributed by atoms with Crippen LogP contribution in [0.2, 0.25) is 0 Å². The Labute approximate surface area is 260 Å². The molecule has 2 unspecified atom stereocenters. The molecule has 0 saturated carbocycles. The molecule has 0 aliphatic carbocycles. The molecule has 4 N–H and O–H groups in total. The van der Waals surface area contributed by atoms with Gasteiger partial charge in [0.1, 0.15) is 0 Å². The lowest BCUT2D eigenvalue weighted by Crippen LogP contribution is -2.64. The molecule has 0 aromatic heterocycles. The van der Waals surface area contributed by atoms with Gasteiger partial charge < -0.3 is 21.3 Å². The van der Waals surface area contributed by atoms with Crippen LogP contribution in [0.5, 0.6) is 0 Å². The molecule has 6 heteroatoms. The number of nitrogens with two attached hydrogens (primary N) is 1. The Morgan fingerprint density at radius 1 is 0.643 bits per heavy atom. The van der Waals surface area contributed by atoms with E-state index in [2.05, 4.69) is 84.8 Å². The summed E-state index contributed by atoms with van der Waals surface area (Å²) in [4.78, 5) is 28.1. The van der Waals surface area contributed by atoms with Gasteiger partial charge in [-0.25, -0.2) is 0 Å². The molecule has 2 atom stereocenters. The zero-order valence-electron chi connectivity index (χ0n) is 29.5. The summed E-state index contributed by atoms with van der Waals surface area (Å²) in [5, 5.41) is 7.80. The molecule has 0 aromatic carbocycles. The van der Waals surface area contributed by atoms with Gasteiger partial charge in [-0.15, -0.1) is 0 Å². The molecule has 2 aliphatic heterocycles. The van der Waals surface area contributed by atoms with Crippen LogP contribution in [0.1, 0.15) is 172 Å². The van der Waals surface area contributed by atoms with E-state index in [1.165, 1.54) is 0 Å². The van der Waals surface area contributed by atoms with E-state index in [9.17, 15) is 9.59 Å². The highest BCUT2D eigenvalue weighted by molar-refractivity contribution is 5.77. The van der Waals surface area contributed by atoms with E-state index in [1.54, 1.807) is 0 Å². The number of hydrogen-bond acceptors (Lipinski definition) is 4. The van der Waals surface area contributed by atoms with E-state index in [0.29, 0.717) is 30.6 Å². The Morgan fingerprint density at radius 2 is 0.976 bits per heavy atom. The topological polar surface area (TPSA) is 87.5 Å². The van der Waals surface area contributed by atoms with Crippen molar-refractivity contribution in [2.24, 2.45) is 17.6 Å². The molecule has 2 aliphatic rings. The molecule has 2 amide bonds. The van der Waals surface area contributed by atoms with Crippen molar-refractivity contribution < 1.29 is 9.59 Å². The van der Waals surface area contributed by atoms with Gasteiger partial charge in [-0.3, -0.25) is 9.59 Å². The van der Waals surface area contributed by atoms with Crippen LogP contribution in [0, 0.1) is 11.8 Å². The molecule has 42 heavy (non-hydrogen) atoms. The van der Waals surface area contributed by atoms with Gasteiger partial charge in [0.05, 0.1) is 0 Å². The Hall–Kier alpha value is -1.14. The average molecular weight is 591 g/mol. The number of unbranched alkanes of at least 4 members (excludes halogenated alkanes) is 5. The molecule has 246 valence electrons. The highest BCUT2D eigenvalue weighted by Gasteiger charge is 2.47. The van der Waals surface area contributed by atoms with Gasteiger partial charge in [0.25, 0.3) is 0 Å². The summed E-state index contributed by atoms with van der Waals surface area (Å²) in [6.45, 7) is 23.4. The third kappa shape index (κ3) is 12.1. The van der Waals surface area contributed by atoms with Crippen molar-refractivity contribution in [3.8, 4) is 0 Å². The molecule has 0 bridgehead atoms. The first-order valence-electron chi connectivity index (χ1n) is 17.6. The van der Waals surface area contributed by atoms with Crippen molar-refractivity contribution in [3.05, 3.63) is 0 Å². The number of primary amides is 1. The average Bonchev–Trinajstić information content (AvgIpc) is 2.80. The van der Waals surface area contributed by atoms with Gasteiger partial charge in [-0.2, -0.15) is 0 Å². The predicted octanol–water partition coefficient (Wildman–Crippen LogP) is 7.87. The third-order valence-corrected chi connectivity index (χ3v) is 9.77. The number of nitrogens with zero attached hydrogens (tertiary/aromatic N) is 1. The maximum atomic E-state index is 14.6. The summed E-state index contributed by atoms with van der Waals surface area (Å²) in [5.41, 5.74) is 5.51. The summed E-state index contributed by atoms with van der Waals surface area (Å²) in [6.07, 6.45) is 16.1. The lowest BCUT2D eigenvalue weighted by molar-refractivity contribution is -0.142. The third-order valence-electron chi connectivity index (χ3n) is 9.77. The van der Waals surface area contributed by atoms with Crippen LogP contribution in [0.25, 0.3) is 0 Å². The minimum absolute atomic E-state index is 0.0562. The second-order valence-electron chi connectivity index (χ2n) is 16.7. The zero-order chi connectivity index (χ0) is 31.8. The SMILES string of the molecule is CCCC(C1CC(C)(C)NC(C)(C)C1)N(C(=O)CCCCCCCCC(N)=O)C(CCC)C1CC(C)(C)NC(C)(C)C1. The molecule has 0 radical (unpaired) electrons. The van der Waals surface area contributed by atoms with E-state index in [4.69, 9.17) is 5.73 Å². The minimum atomic E-state index is -0.204. The van der Waals surface area contributed by atoms with E-state index in [1.807, 2.05) is 0 Å². The monoisotopic (exact) mass is 591 g/mol. The van der Waals surface area contributed by atoms with Crippen molar-refractivity contribution in [3.63, 3.8) is 0 Å². The molecular formula is C36H70N4O2. The van der Waals surface area contributed by atoms with Crippen molar-refractivity contribution in [2.75, 3.05) is 0 Å². The Bertz CT molecular complexity index is 769. The molecule has 2 fully saturated rings. The summed E-state index contributed by atoms with van der Waals surface area (Å²) in [6, 6.07) is 0.573. The summed E-state index contributed by atoms with van der Waals surface area (Å²) < 4.78 is 0. The Balaban J connectivity index is 2.35. The first-order valence-corrected chi connectivity index (χ1v) is 17.6. The van der Waals surface area contributed by atoms with Crippen molar-refractivity contribution >= 4 is 11.8 Å². The van der Waals surface area contributed by atoms with Gasteiger partial charge in [-0.1, -0.05) is 52.4 Å².